The monoisotopic (exact) mass is 352 g/mol. The Labute approximate surface area is 145 Å². The number of hydrogen-bond acceptors (Lipinski definition) is 4. The molecule has 4 nitrogen and oxygen atoms in total. The SMILES string of the molecule is CC(=O)Cc1cccc(CC(=O)CCCCCS(=O)(=O)C(C)C)c1. The first-order valence-corrected chi connectivity index (χ1v) is 10.2. The van der Waals surface area contributed by atoms with Crippen molar-refractivity contribution in [2.75, 3.05) is 5.75 Å². The predicted molar refractivity (Wildman–Crippen MR) is 96.9 cm³/mol. The molecule has 0 heterocycles. The van der Waals surface area contributed by atoms with Crippen molar-refractivity contribution in [1.29, 1.82) is 0 Å². The molecule has 0 fully saturated rings. The molecule has 0 amide bonds. The Bertz CT molecular complexity index is 660. The summed E-state index contributed by atoms with van der Waals surface area (Å²) in [5.41, 5.74) is 1.87. The maximum atomic E-state index is 12.0. The van der Waals surface area contributed by atoms with E-state index in [2.05, 4.69) is 0 Å². The molecule has 0 bridgehead atoms. The zero-order valence-electron chi connectivity index (χ0n) is 14.9. The van der Waals surface area contributed by atoms with Crippen molar-refractivity contribution < 1.29 is 18.0 Å². The molecule has 0 spiro atoms. The van der Waals surface area contributed by atoms with Gasteiger partial charge in [-0.25, -0.2) is 8.42 Å². The number of rotatable bonds is 11. The highest BCUT2D eigenvalue weighted by Crippen LogP contribution is 2.11. The number of sulfone groups is 1. The molecule has 0 saturated carbocycles. The highest BCUT2D eigenvalue weighted by Gasteiger charge is 2.15. The average Bonchev–Trinajstić information content (AvgIpc) is 2.46. The third-order valence-electron chi connectivity index (χ3n) is 3.95. The van der Waals surface area contributed by atoms with E-state index in [0.717, 1.165) is 24.0 Å². The van der Waals surface area contributed by atoms with Gasteiger partial charge in [-0.1, -0.05) is 30.7 Å². The van der Waals surface area contributed by atoms with E-state index >= 15 is 0 Å². The van der Waals surface area contributed by atoms with Gasteiger partial charge in [-0.2, -0.15) is 0 Å². The van der Waals surface area contributed by atoms with Crippen molar-refractivity contribution in [2.24, 2.45) is 0 Å². The molecular formula is C19H28O4S. The van der Waals surface area contributed by atoms with Crippen LogP contribution in [0.25, 0.3) is 0 Å². The van der Waals surface area contributed by atoms with Gasteiger partial charge in [-0.3, -0.25) is 9.59 Å². The number of carbonyl (C=O) groups excluding carboxylic acids is 2. The van der Waals surface area contributed by atoms with Crippen molar-refractivity contribution in [3.8, 4) is 0 Å². The Morgan fingerprint density at radius 3 is 2.21 bits per heavy atom. The first kappa shape index (κ1) is 20.6. The summed E-state index contributed by atoms with van der Waals surface area (Å²) in [5, 5.41) is -0.332. The lowest BCUT2D eigenvalue weighted by Crippen LogP contribution is -2.17. The lowest BCUT2D eigenvalue weighted by Gasteiger charge is -2.07. The molecule has 134 valence electrons. The molecule has 0 atom stereocenters. The third kappa shape index (κ3) is 7.86. The zero-order chi connectivity index (χ0) is 18.2. The average molecular weight is 352 g/mol. The molecule has 0 saturated heterocycles. The number of benzene rings is 1. The van der Waals surface area contributed by atoms with E-state index in [1.165, 1.54) is 0 Å². The van der Waals surface area contributed by atoms with Crippen LogP contribution >= 0.6 is 0 Å². The standard InChI is InChI=1S/C19H28O4S/c1-15(2)24(22,23)11-6-4-5-10-19(21)14-18-9-7-8-17(13-18)12-16(3)20/h7-9,13,15H,4-6,10-12,14H2,1-3H3. The van der Waals surface area contributed by atoms with E-state index in [9.17, 15) is 18.0 Å². The first-order chi connectivity index (χ1) is 11.2. The third-order valence-corrected chi connectivity index (χ3v) is 6.24. The second-order valence-corrected chi connectivity index (χ2v) is 9.32. The van der Waals surface area contributed by atoms with Gasteiger partial charge in [0.15, 0.2) is 9.84 Å². The molecule has 0 unspecified atom stereocenters. The van der Waals surface area contributed by atoms with Crippen LogP contribution in [0.1, 0.15) is 57.6 Å². The number of carbonyl (C=O) groups is 2. The Kier molecular flexibility index (Phi) is 8.32. The van der Waals surface area contributed by atoms with Crippen LogP contribution in [0.5, 0.6) is 0 Å². The van der Waals surface area contributed by atoms with Crippen molar-refractivity contribution in [3.05, 3.63) is 35.4 Å². The van der Waals surface area contributed by atoms with Gasteiger partial charge < -0.3 is 0 Å². The largest absolute Gasteiger partial charge is 0.300 e. The summed E-state index contributed by atoms with van der Waals surface area (Å²) in [5.74, 6) is 0.461. The molecule has 0 aliphatic rings. The van der Waals surface area contributed by atoms with Crippen molar-refractivity contribution >= 4 is 21.4 Å². The Hall–Kier alpha value is -1.49. The maximum Gasteiger partial charge on any atom is 0.152 e. The van der Waals surface area contributed by atoms with Gasteiger partial charge in [0.05, 0.1) is 11.0 Å². The zero-order valence-corrected chi connectivity index (χ0v) is 15.7. The summed E-state index contributed by atoms with van der Waals surface area (Å²) in [6.45, 7) is 4.94. The number of ketones is 2. The molecule has 0 radical (unpaired) electrons. The van der Waals surface area contributed by atoms with Crippen LogP contribution in [-0.2, 0) is 32.3 Å². The molecule has 24 heavy (non-hydrogen) atoms. The quantitative estimate of drug-likeness (QED) is 0.573. The Morgan fingerprint density at radius 1 is 1.00 bits per heavy atom. The minimum Gasteiger partial charge on any atom is -0.300 e. The van der Waals surface area contributed by atoms with Gasteiger partial charge in [0.1, 0.15) is 11.6 Å². The Balaban J connectivity index is 2.33. The van der Waals surface area contributed by atoms with Gasteiger partial charge in [-0.15, -0.1) is 0 Å². The van der Waals surface area contributed by atoms with Crippen LogP contribution < -0.4 is 0 Å². The van der Waals surface area contributed by atoms with E-state index in [4.69, 9.17) is 0 Å². The van der Waals surface area contributed by atoms with Crippen molar-refractivity contribution in [3.63, 3.8) is 0 Å². The van der Waals surface area contributed by atoms with Gasteiger partial charge >= 0.3 is 0 Å². The van der Waals surface area contributed by atoms with Crippen molar-refractivity contribution in [1.82, 2.24) is 0 Å². The maximum absolute atomic E-state index is 12.0. The number of Topliss-reactive ketones (excluding diaryl/α,β-unsaturated/α-hetero) is 2. The molecular weight excluding hydrogens is 324 g/mol. The fraction of sp³-hybridized carbons (Fsp3) is 0.579. The lowest BCUT2D eigenvalue weighted by atomic mass is 10.0. The fourth-order valence-electron chi connectivity index (χ4n) is 2.49. The van der Waals surface area contributed by atoms with E-state index in [-0.39, 0.29) is 22.6 Å². The summed E-state index contributed by atoms with van der Waals surface area (Å²) in [7, 11) is -2.97. The van der Waals surface area contributed by atoms with Crippen LogP contribution in [0.3, 0.4) is 0 Å². The second kappa shape index (κ2) is 9.72. The minimum absolute atomic E-state index is 0.106. The molecule has 1 aromatic carbocycles. The normalized spacial score (nSPS) is 11.7. The molecule has 0 aliphatic heterocycles. The molecule has 1 aromatic rings. The van der Waals surface area contributed by atoms with E-state index in [1.807, 2.05) is 24.3 Å². The summed E-state index contributed by atoms with van der Waals surface area (Å²) in [6.07, 6.45) is 3.32. The van der Waals surface area contributed by atoms with Crippen LogP contribution in [0.15, 0.2) is 24.3 Å². The van der Waals surface area contributed by atoms with Gasteiger partial charge in [-0.05, 0) is 44.7 Å². The van der Waals surface area contributed by atoms with E-state index in [0.29, 0.717) is 25.7 Å². The molecule has 0 N–H and O–H groups in total. The smallest absolute Gasteiger partial charge is 0.152 e. The molecule has 0 aromatic heterocycles. The number of hydrogen-bond donors (Lipinski definition) is 0. The second-order valence-electron chi connectivity index (χ2n) is 6.64. The first-order valence-electron chi connectivity index (χ1n) is 8.51. The summed E-state index contributed by atoms with van der Waals surface area (Å²) in [4.78, 5) is 23.2. The summed E-state index contributed by atoms with van der Waals surface area (Å²) >= 11 is 0. The Morgan fingerprint density at radius 2 is 1.62 bits per heavy atom. The minimum atomic E-state index is -2.97. The highest BCUT2D eigenvalue weighted by atomic mass is 32.2. The van der Waals surface area contributed by atoms with Gasteiger partial charge in [0.25, 0.3) is 0 Å². The van der Waals surface area contributed by atoms with E-state index in [1.54, 1.807) is 20.8 Å². The summed E-state index contributed by atoms with van der Waals surface area (Å²) in [6, 6.07) is 7.58. The van der Waals surface area contributed by atoms with E-state index < -0.39 is 9.84 Å². The van der Waals surface area contributed by atoms with Crippen molar-refractivity contribution in [2.45, 2.75) is 64.5 Å². The van der Waals surface area contributed by atoms with Crippen LogP contribution in [0.4, 0.5) is 0 Å². The topological polar surface area (TPSA) is 68.3 Å². The highest BCUT2D eigenvalue weighted by molar-refractivity contribution is 7.91. The molecule has 5 heteroatoms. The summed E-state index contributed by atoms with van der Waals surface area (Å²) < 4.78 is 23.4. The van der Waals surface area contributed by atoms with Gasteiger partial charge in [0, 0.05) is 19.3 Å². The van der Waals surface area contributed by atoms with Crippen LogP contribution in [0, 0.1) is 0 Å². The predicted octanol–water partition coefficient (Wildman–Crippen LogP) is 3.31. The number of unbranched alkanes of at least 4 members (excludes halogenated alkanes) is 2. The molecule has 1 rings (SSSR count). The molecule has 0 aliphatic carbocycles. The van der Waals surface area contributed by atoms with Gasteiger partial charge in [0.2, 0.25) is 0 Å². The fourth-order valence-corrected chi connectivity index (χ4v) is 3.57. The van der Waals surface area contributed by atoms with Crippen LogP contribution in [-0.4, -0.2) is 31.0 Å². The van der Waals surface area contributed by atoms with Crippen LogP contribution in [0.2, 0.25) is 0 Å². The lowest BCUT2D eigenvalue weighted by molar-refractivity contribution is -0.118.